The van der Waals surface area contributed by atoms with Gasteiger partial charge >= 0.3 is 0 Å². The van der Waals surface area contributed by atoms with Gasteiger partial charge in [0.05, 0.1) is 25.7 Å². The van der Waals surface area contributed by atoms with Gasteiger partial charge in [-0.05, 0) is 66.3 Å². The molecule has 1 amide bonds. The van der Waals surface area contributed by atoms with E-state index in [0.29, 0.717) is 17.1 Å². The van der Waals surface area contributed by atoms with E-state index in [9.17, 15) is 10.1 Å². The van der Waals surface area contributed by atoms with E-state index in [1.807, 2.05) is 43.3 Å². The van der Waals surface area contributed by atoms with Gasteiger partial charge in [0.2, 0.25) is 0 Å². The third-order valence-electron chi connectivity index (χ3n) is 7.25. The monoisotopic (exact) mass is 517 g/mol. The Morgan fingerprint density at radius 2 is 1.70 bits per heavy atom. The summed E-state index contributed by atoms with van der Waals surface area (Å²) in [7, 11) is 3.28. The van der Waals surface area contributed by atoms with Crippen LogP contribution < -0.4 is 14.8 Å². The van der Waals surface area contributed by atoms with Crippen molar-refractivity contribution in [2.75, 3.05) is 27.3 Å². The quantitative estimate of drug-likeness (QED) is 0.417. The predicted molar refractivity (Wildman–Crippen MR) is 145 cm³/mol. The van der Waals surface area contributed by atoms with E-state index < -0.39 is 5.41 Å². The van der Waals surface area contributed by atoms with Crippen molar-refractivity contribution in [1.82, 2.24) is 10.2 Å². The highest BCUT2D eigenvalue weighted by Gasteiger charge is 2.36. The van der Waals surface area contributed by atoms with Gasteiger partial charge in [-0.15, -0.1) is 0 Å². The van der Waals surface area contributed by atoms with E-state index in [2.05, 4.69) is 22.4 Å². The number of hydrogen-bond donors (Lipinski definition) is 1. The van der Waals surface area contributed by atoms with Crippen molar-refractivity contribution in [1.29, 1.82) is 5.26 Å². The minimum atomic E-state index is -0.506. The van der Waals surface area contributed by atoms with Crippen molar-refractivity contribution >= 4 is 17.5 Å². The molecule has 1 heterocycles. The Bertz CT molecular complexity index is 1290. The van der Waals surface area contributed by atoms with Gasteiger partial charge in [-0.1, -0.05) is 48.0 Å². The number of carbonyl (C=O) groups excluding carboxylic acids is 1. The van der Waals surface area contributed by atoms with Gasteiger partial charge in [-0.25, -0.2) is 0 Å². The Hall–Kier alpha value is -3.53. The molecular formula is C30H32ClN3O3. The number of halogens is 1. The molecule has 192 valence electrons. The average Bonchev–Trinajstić information content (AvgIpc) is 2.94. The number of amides is 1. The molecule has 1 saturated heterocycles. The number of rotatable bonds is 8. The molecule has 0 radical (unpaired) electrons. The third kappa shape index (κ3) is 5.90. The van der Waals surface area contributed by atoms with E-state index in [4.69, 9.17) is 21.1 Å². The van der Waals surface area contributed by atoms with Crippen LogP contribution in [0.3, 0.4) is 0 Å². The van der Waals surface area contributed by atoms with Crippen LogP contribution >= 0.6 is 11.6 Å². The van der Waals surface area contributed by atoms with Crippen molar-refractivity contribution < 1.29 is 14.3 Å². The van der Waals surface area contributed by atoms with Crippen molar-refractivity contribution in [2.24, 2.45) is 0 Å². The Balaban J connectivity index is 1.36. The van der Waals surface area contributed by atoms with Gasteiger partial charge < -0.3 is 14.8 Å². The lowest BCUT2D eigenvalue weighted by atomic mass is 9.74. The number of likely N-dealkylation sites (tertiary alicyclic amines) is 1. The summed E-state index contributed by atoms with van der Waals surface area (Å²) in [5, 5.41) is 13.7. The van der Waals surface area contributed by atoms with Crippen LogP contribution in [0.5, 0.6) is 11.5 Å². The van der Waals surface area contributed by atoms with Crippen molar-refractivity contribution in [3.8, 4) is 17.6 Å². The van der Waals surface area contributed by atoms with E-state index in [1.165, 1.54) is 0 Å². The van der Waals surface area contributed by atoms with Crippen LogP contribution in [-0.4, -0.2) is 38.1 Å². The first-order valence-electron chi connectivity index (χ1n) is 12.4. The summed E-state index contributed by atoms with van der Waals surface area (Å²) in [6, 6.07) is 22.0. The molecule has 3 aromatic rings. The number of nitrogens with zero attached hydrogens (tertiary/aromatic N) is 2. The summed E-state index contributed by atoms with van der Waals surface area (Å²) >= 11 is 6.15. The number of benzene rings is 3. The van der Waals surface area contributed by atoms with E-state index >= 15 is 0 Å². The Labute approximate surface area is 223 Å². The number of ether oxygens (including phenoxy) is 2. The highest BCUT2D eigenvalue weighted by atomic mass is 35.5. The first kappa shape index (κ1) is 26.5. The molecule has 0 saturated carbocycles. The summed E-state index contributed by atoms with van der Waals surface area (Å²) in [4.78, 5) is 15.0. The summed E-state index contributed by atoms with van der Waals surface area (Å²) in [6.07, 6.45) is 1.53. The molecule has 1 aliphatic rings. The molecule has 7 heteroatoms. The smallest absolute Gasteiger partial charge is 0.251 e. The van der Waals surface area contributed by atoms with Crippen LogP contribution in [0.1, 0.15) is 45.5 Å². The lowest BCUT2D eigenvalue weighted by Gasteiger charge is -2.37. The second-order valence-corrected chi connectivity index (χ2v) is 9.86. The fourth-order valence-corrected chi connectivity index (χ4v) is 5.04. The fourth-order valence-electron chi connectivity index (χ4n) is 4.87. The van der Waals surface area contributed by atoms with Crippen molar-refractivity contribution in [2.45, 2.75) is 38.3 Å². The Morgan fingerprint density at radius 3 is 2.35 bits per heavy atom. The number of nitrogens with one attached hydrogen (secondary N) is 1. The highest BCUT2D eigenvalue weighted by molar-refractivity contribution is 6.31. The lowest BCUT2D eigenvalue weighted by molar-refractivity contribution is 0.0950. The average molecular weight is 518 g/mol. The van der Waals surface area contributed by atoms with Gasteiger partial charge in [-0.3, -0.25) is 9.69 Å². The molecule has 0 bridgehead atoms. The van der Waals surface area contributed by atoms with E-state index in [0.717, 1.165) is 66.2 Å². The summed E-state index contributed by atoms with van der Waals surface area (Å²) in [5.41, 5.74) is 4.00. The second-order valence-electron chi connectivity index (χ2n) is 9.45. The maximum absolute atomic E-state index is 12.6. The number of nitriles is 1. The highest BCUT2D eigenvalue weighted by Crippen LogP contribution is 2.36. The standard InChI is InChI=1S/C30H32ClN3O3/c1-21-25(5-4-6-26(21)31)29(35)33-18-22-7-10-24(11-8-22)30(20-32)13-15-34(16-14-30)19-23-9-12-27(36-2)28(17-23)37-3/h4-12,17H,13-16,18-19H2,1-3H3,(H,33,35). The normalized spacial score (nSPS) is 15.0. The molecule has 1 fully saturated rings. The van der Waals surface area contributed by atoms with Gasteiger partial charge in [0.25, 0.3) is 5.91 Å². The summed E-state index contributed by atoms with van der Waals surface area (Å²) in [5.74, 6) is 1.29. The van der Waals surface area contributed by atoms with Crippen LogP contribution in [0, 0.1) is 18.3 Å². The summed E-state index contributed by atoms with van der Waals surface area (Å²) in [6.45, 7) is 4.71. The molecule has 37 heavy (non-hydrogen) atoms. The van der Waals surface area contributed by atoms with Crippen molar-refractivity contribution in [3.05, 3.63) is 93.5 Å². The topological polar surface area (TPSA) is 74.6 Å². The van der Waals surface area contributed by atoms with Crippen LogP contribution in [0.4, 0.5) is 0 Å². The maximum atomic E-state index is 12.6. The molecule has 6 nitrogen and oxygen atoms in total. The predicted octanol–water partition coefficient (Wildman–Crippen LogP) is 5.65. The molecule has 0 aliphatic carbocycles. The zero-order valence-corrected chi connectivity index (χ0v) is 22.3. The van der Waals surface area contributed by atoms with Crippen LogP contribution in [0.25, 0.3) is 0 Å². The van der Waals surface area contributed by atoms with Gasteiger partial charge in [0, 0.05) is 36.8 Å². The number of methoxy groups -OCH3 is 2. The molecule has 0 spiro atoms. The second kappa shape index (κ2) is 11.7. The largest absolute Gasteiger partial charge is 0.493 e. The zero-order valence-electron chi connectivity index (χ0n) is 21.5. The third-order valence-corrected chi connectivity index (χ3v) is 7.66. The summed E-state index contributed by atoms with van der Waals surface area (Å²) < 4.78 is 10.8. The molecule has 0 atom stereocenters. The molecule has 0 aromatic heterocycles. The van der Waals surface area contributed by atoms with Crippen LogP contribution in [0.15, 0.2) is 60.7 Å². The first-order chi connectivity index (χ1) is 17.9. The van der Waals surface area contributed by atoms with E-state index in [1.54, 1.807) is 32.4 Å². The minimum Gasteiger partial charge on any atom is -0.493 e. The Kier molecular flexibility index (Phi) is 8.38. The molecule has 1 aliphatic heterocycles. The maximum Gasteiger partial charge on any atom is 0.251 e. The SMILES string of the molecule is COc1ccc(CN2CCC(C#N)(c3ccc(CNC(=O)c4cccc(Cl)c4C)cc3)CC2)cc1OC. The van der Waals surface area contributed by atoms with Gasteiger partial charge in [0.15, 0.2) is 11.5 Å². The van der Waals surface area contributed by atoms with E-state index in [-0.39, 0.29) is 5.91 Å². The molecule has 4 rings (SSSR count). The molecule has 0 unspecified atom stereocenters. The van der Waals surface area contributed by atoms with Gasteiger partial charge in [-0.2, -0.15) is 5.26 Å². The zero-order chi connectivity index (χ0) is 26.4. The molecular weight excluding hydrogens is 486 g/mol. The number of hydrogen-bond acceptors (Lipinski definition) is 5. The fraction of sp³-hybridized carbons (Fsp3) is 0.333. The van der Waals surface area contributed by atoms with Crippen molar-refractivity contribution in [3.63, 3.8) is 0 Å². The Morgan fingerprint density at radius 1 is 1.03 bits per heavy atom. The van der Waals surface area contributed by atoms with Gasteiger partial charge in [0.1, 0.15) is 0 Å². The molecule has 3 aromatic carbocycles. The minimum absolute atomic E-state index is 0.153. The first-order valence-corrected chi connectivity index (χ1v) is 12.7. The lowest BCUT2D eigenvalue weighted by Crippen LogP contribution is -2.41. The molecule has 1 N–H and O–H groups in total. The number of piperidine rings is 1. The number of carbonyl (C=O) groups is 1. The van der Waals surface area contributed by atoms with Crippen LogP contribution in [0.2, 0.25) is 5.02 Å². The van der Waals surface area contributed by atoms with Crippen LogP contribution in [-0.2, 0) is 18.5 Å².